The minimum absolute atomic E-state index is 0.153. The number of ketones is 1. The topological polar surface area (TPSA) is 63.2 Å². The minimum Gasteiger partial charge on any atom is -0.298 e. The van der Waals surface area contributed by atoms with Crippen molar-refractivity contribution in [2.45, 2.75) is 38.0 Å². The second-order valence-corrected chi connectivity index (χ2v) is 5.19. The van der Waals surface area contributed by atoms with Crippen LogP contribution in [0.4, 0.5) is 0 Å². The molecular formula is C7H13NO3S. The van der Waals surface area contributed by atoms with Gasteiger partial charge in [0.25, 0.3) is 0 Å². The lowest BCUT2D eigenvalue weighted by atomic mass is 10.3. The van der Waals surface area contributed by atoms with Crippen molar-refractivity contribution in [3.05, 3.63) is 0 Å². The molecule has 12 heavy (non-hydrogen) atoms. The Hall–Kier alpha value is -0.420. The van der Waals surface area contributed by atoms with Crippen LogP contribution < -0.4 is 4.72 Å². The van der Waals surface area contributed by atoms with Crippen LogP contribution >= 0.6 is 0 Å². The highest BCUT2D eigenvalue weighted by atomic mass is 32.2. The molecule has 1 N–H and O–H groups in total. The average Bonchev–Trinajstić information content (AvgIpc) is 2.65. The normalized spacial score (nSPS) is 20.5. The predicted octanol–water partition coefficient (Wildman–Crippen LogP) is 0.0457. The minimum atomic E-state index is -3.20. The van der Waals surface area contributed by atoms with Crippen molar-refractivity contribution in [1.29, 1.82) is 0 Å². The number of carbonyl (C=O) groups excluding carboxylic acids is 1. The summed E-state index contributed by atoms with van der Waals surface area (Å²) in [5, 5.41) is -0.251. The zero-order valence-corrected chi connectivity index (χ0v) is 8.02. The predicted molar refractivity (Wildman–Crippen MR) is 45.2 cm³/mol. The Morgan fingerprint density at radius 2 is 2.00 bits per heavy atom. The van der Waals surface area contributed by atoms with E-state index in [1.165, 1.54) is 6.92 Å². The number of hydrogen-bond donors (Lipinski definition) is 1. The molecule has 1 saturated carbocycles. The summed E-state index contributed by atoms with van der Waals surface area (Å²) in [5.41, 5.74) is 0. The number of carbonyl (C=O) groups is 1. The molecule has 0 aromatic rings. The average molecular weight is 191 g/mol. The van der Waals surface area contributed by atoms with Crippen molar-refractivity contribution in [3.63, 3.8) is 0 Å². The Balaban J connectivity index is 2.55. The maximum absolute atomic E-state index is 11.2. The van der Waals surface area contributed by atoms with E-state index in [0.29, 0.717) is 0 Å². The molecule has 0 heterocycles. The van der Waals surface area contributed by atoms with E-state index in [9.17, 15) is 13.2 Å². The van der Waals surface area contributed by atoms with E-state index < -0.39 is 16.1 Å². The molecule has 1 fully saturated rings. The third-order valence-corrected chi connectivity index (χ3v) is 3.95. The zero-order chi connectivity index (χ0) is 9.35. The van der Waals surface area contributed by atoms with Crippen LogP contribution in [0.15, 0.2) is 0 Å². The first-order valence-electron chi connectivity index (χ1n) is 3.95. The van der Waals surface area contributed by atoms with E-state index in [2.05, 4.69) is 4.72 Å². The molecule has 0 amide bonds. The SMILES string of the molecule is CC(=O)C(C)NS(=O)(=O)C1CC1. The molecule has 1 unspecified atom stereocenters. The van der Waals surface area contributed by atoms with Crippen LogP contribution in [0.25, 0.3) is 0 Å². The largest absolute Gasteiger partial charge is 0.298 e. The van der Waals surface area contributed by atoms with Gasteiger partial charge in [0.2, 0.25) is 10.0 Å². The van der Waals surface area contributed by atoms with Crippen LogP contribution in [0.2, 0.25) is 0 Å². The van der Waals surface area contributed by atoms with Crippen LogP contribution in [0.3, 0.4) is 0 Å². The number of hydrogen-bond acceptors (Lipinski definition) is 3. The van der Waals surface area contributed by atoms with Gasteiger partial charge >= 0.3 is 0 Å². The van der Waals surface area contributed by atoms with Gasteiger partial charge in [-0.25, -0.2) is 13.1 Å². The summed E-state index contributed by atoms with van der Waals surface area (Å²) in [6.07, 6.45) is 1.44. The van der Waals surface area contributed by atoms with E-state index in [-0.39, 0.29) is 11.0 Å². The van der Waals surface area contributed by atoms with Gasteiger partial charge in [-0.2, -0.15) is 0 Å². The van der Waals surface area contributed by atoms with Crippen molar-refractivity contribution in [2.24, 2.45) is 0 Å². The fourth-order valence-corrected chi connectivity index (χ4v) is 2.41. The smallest absolute Gasteiger partial charge is 0.215 e. The molecule has 5 heteroatoms. The number of Topliss-reactive ketones (excluding diaryl/α,β-unsaturated/α-hetero) is 1. The van der Waals surface area contributed by atoms with Crippen LogP contribution in [0, 0.1) is 0 Å². The van der Waals surface area contributed by atoms with Crippen molar-refractivity contribution < 1.29 is 13.2 Å². The molecule has 0 aromatic heterocycles. The lowest BCUT2D eigenvalue weighted by Gasteiger charge is -2.09. The van der Waals surface area contributed by atoms with Gasteiger partial charge in [0.15, 0.2) is 0 Å². The number of nitrogens with one attached hydrogen (secondary N) is 1. The maximum atomic E-state index is 11.2. The van der Waals surface area contributed by atoms with Crippen LogP contribution in [0.1, 0.15) is 26.7 Å². The van der Waals surface area contributed by atoms with Gasteiger partial charge < -0.3 is 0 Å². The first kappa shape index (κ1) is 9.67. The van der Waals surface area contributed by atoms with E-state index in [1.807, 2.05) is 0 Å². The molecule has 70 valence electrons. The quantitative estimate of drug-likeness (QED) is 0.682. The van der Waals surface area contributed by atoms with Crippen molar-refractivity contribution in [3.8, 4) is 0 Å². The molecular weight excluding hydrogens is 178 g/mol. The van der Waals surface area contributed by atoms with Gasteiger partial charge in [0, 0.05) is 0 Å². The summed E-state index contributed by atoms with van der Waals surface area (Å²) in [4.78, 5) is 10.7. The lowest BCUT2D eigenvalue weighted by molar-refractivity contribution is -0.118. The summed E-state index contributed by atoms with van der Waals surface area (Å²) in [7, 11) is -3.20. The first-order chi connectivity index (χ1) is 5.43. The van der Waals surface area contributed by atoms with Gasteiger partial charge in [-0.1, -0.05) is 0 Å². The van der Waals surface area contributed by atoms with Gasteiger partial charge in [-0.15, -0.1) is 0 Å². The molecule has 1 aliphatic rings. The van der Waals surface area contributed by atoms with Crippen molar-refractivity contribution in [1.82, 2.24) is 4.72 Å². The molecule has 4 nitrogen and oxygen atoms in total. The number of sulfonamides is 1. The number of rotatable bonds is 4. The molecule has 0 saturated heterocycles. The Kier molecular flexibility index (Phi) is 2.53. The van der Waals surface area contributed by atoms with E-state index in [4.69, 9.17) is 0 Å². The monoisotopic (exact) mass is 191 g/mol. The Morgan fingerprint density at radius 3 is 2.33 bits per heavy atom. The Labute approximate surface area is 72.4 Å². The Bertz CT molecular complexity index is 279. The summed E-state index contributed by atoms with van der Waals surface area (Å²) in [6, 6.07) is -0.587. The van der Waals surface area contributed by atoms with Gasteiger partial charge in [-0.3, -0.25) is 4.79 Å². The summed E-state index contributed by atoms with van der Waals surface area (Å²) in [6.45, 7) is 2.93. The highest BCUT2D eigenvalue weighted by Crippen LogP contribution is 2.27. The third-order valence-electron chi connectivity index (χ3n) is 1.91. The molecule has 0 bridgehead atoms. The highest BCUT2D eigenvalue weighted by molar-refractivity contribution is 7.90. The summed E-state index contributed by atoms with van der Waals surface area (Å²) >= 11 is 0. The third kappa shape index (κ3) is 2.28. The Morgan fingerprint density at radius 1 is 1.50 bits per heavy atom. The molecule has 0 aliphatic heterocycles. The van der Waals surface area contributed by atoms with Crippen LogP contribution in [-0.4, -0.2) is 25.5 Å². The van der Waals surface area contributed by atoms with E-state index in [0.717, 1.165) is 12.8 Å². The van der Waals surface area contributed by atoms with Gasteiger partial charge in [0.1, 0.15) is 5.78 Å². The fourth-order valence-electron chi connectivity index (χ4n) is 0.804. The maximum Gasteiger partial charge on any atom is 0.215 e. The van der Waals surface area contributed by atoms with Gasteiger partial charge in [0.05, 0.1) is 11.3 Å². The fraction of sp³-hybridized carbons (Fsp3) is 0.857. The van der Waals surface area contributed by atoms with Crippen LogP contribution in [0.5, 0.6) is 0 Å². The molecule has 0 spiro atoms. The van der Waals surface area contributed by atoms with Crippen LogP contribution in [-0.2, 0) is 14.8 Å². The molecule has 1 aliphatic carbocycles. The molecule has 0 radical (unpaired) electrons. The van der Waals surface area contributed by atoms with Crippen molar-refractivity contribution >= 4 is 15.8 Å². The summed E-state index contributed by atoms with van der Waals surface area (Å²) in [5.74, 6) is -0.153. The second-order valence-electron chi connectivity index (χ2n) is 3.19. The van der Waals surface area contributed by atoms with E-state index >= 15 is 0 Å². The summed E-state index contributed by atoms with van der Waals surface area (Å²) < 4.78 is 24.8. The van der Waals surface area contributed by atoms with Gasteiger partial charge in [-0.05, 0) is 26.7 Å². The lowest BCUT2D eigenvalue weighted by Crippen LogP contribution is -2.39. The second kappa shape index (κ2) is 3.14. The highest BCUT2D eigenvalue weighted by Gasteiger charge is 2.36. The van der Waals surface area contributed by atoms with Crippen molar-refractivity contribution in [2.75, 3.05) is 0 Å². The zero-order valence-electron chi connectivity index (χ0n) is 7.20. The standard InChI is InChI=1S/C7H13NO3S/c1-5(6(2)9)8-12(10,11)7-3-4-7/h5,7-8H,3-4H2,1-2H3. The first-order valence-corrected chi connectivity index (χ1v) is 5.49. The van der Waals surface area contributed by atoms with E-state index in [1.54, 1.807) is 6.92 Å². The molecule has 0 aromatic carbocycles. The molecule has 1 atom stereocenters. The molecule has 1 rings (SSSR count).